The fourth-order valence-corrected chi connectivity index (χ4v) is 4.62. The van der Waals surface area contributed by atoms with Gasteiger partial charge in [-0.1, -0.05) is 13.0 Å². The van der Waals surface area contributed by atoms with Crippen LogP contribution in [-0.2, 0) is 16.2 Å². The van der Waals surface area contributed by atoms with E-state index in [-0.39, 0.29) is 48.3 Å². The number of halogens is 3. The number of urea groups is 1. The molecule has 3 amide bonds. The van der Waals surface area contributed by atoms with Crippen LogP contribution in [0, 0.1) is 5.92 Å². The number of hydrogen-bond acceptors (Lipinski definition) is 6. The second-order valence-electron chi connectivity index (χ2n) is 9.56. The van der Waals surface area contributed by atoms with Crippen LogP contribution < -0.4 is 14.8 Å². The monoisotopic (exact) mass is 572 g/mol. The van der Waals surface area contributed by atoms with Gasteiger partial charge in [-0.25, -0.2) is 13.2 Å². The van der Waals surface area contributed by atoms with Crippen molar-refractivity contribution in [3.05, 3.63) is 53.6 Å². The Bertz CT molecular complexity index is 1300. The molecular formula is C25H31F3N4O6S. The third kappa shape index (κ3) is 7.53. The van der Waals surface area contributed by atoms with Crippen molar-refractivity contribution < 1.29 is 41.0 Å². The minimum Gasteiger partial charge on any atom is -0.485 e. The molecule has 14 heteroatoms. The molecule has 0 aromatic heterocycles. The number of para-hydroxylation sites is 1. The molecule has 0 bridgehead atoms. The fraction of sp³-hybridized carbons (Fsp3) is 0.440. The average Bonchev–Trinajstić information content (AvgIpc) is 2.84. The summed E-state index contributed by atoms with van der Waals surface area (Å²) in [5, 5.41) is 12.3. The summed E-state index contributed by atoms with van der Waals surface area (Å²) in [7, 11) is -2.27. The molecule has 3 atom stereocenters. The van der Waals surface area contributed by atoms with Crippen LogP contribution in [-0.4, -0.2) is 80.4 Å². The maximum absolute atomic E-state index is 13.4. The Morgan fingerprint density at radius 2 is 1.87 bits per heavy atom. The van der Waals surface area contributed by atoms with Crippen molar-refractivity contribution in [3.8, 4) is 5.75 Å². The Balaban J connectivity index is 1.89. The van der Waals surface area contributed by atoms with Gasteiger partial charge in [-0.3, -0.25) is 9.52 Å². The molecule has 39 heavy (non-hydrogen) atoms. The van der Waals surface area contributed by atoms with Gasteiger partial charge in [-0.05, 0) is 43.3 Å². The number of fused-ring (bicyclic) bond motifs is 1. The summed E-state index contributed by atoms with van der Waals surface area (Å²) >= 11 is 0. The average molecular weight is 573 g/mol. The number of carbonyl (C=O) groups is 2. The van der Waals surface area contributed by atoms with Crippen LogP contribution >= 0.6 is 0 Å². The van der Waals surface area contributed by atoms with E-state index in [1.807, 2.05) is 0 Å². The Kier molecular flexibility index (Phi) is 9.01. The molecule has 1 aliphatic rings. The van der Waals surface area contributed by atoms with Crippen LogP contribution in [0.2, 0.25) is 0 Å². The predicted molar refractivity (Wildman–Crippen MR) is 139 cm³/mol. The van der Waals surface area contributed by atoms with Crippen molar-refractivity contribution in [3.63, 3.8) is 0 Å². The summed E-state index contributed by atoms with van der Waals surface area (Å²) in [6, 6.07) is 7.25. The van der Waals surface area contributed by atoms with Crippen LogP contribution in [0.4, 0.5) is 29.3 Å². The van der Waals surface area contributed by atoms with Crippen LogP contribution in [0.3, 0.4) is 0 Å². The lowest BCUT2D eigenvalue weighted by Crippen LogP contribution is -2.50. The highest BCUT2D eigenvalue weighted by molar-refractivity contribution is 7.92. The van der Waals surface area contributed by atoms with E-state index in [1.54, 1.807) is 13.8 Å². The van der Waals surface area contributed by atoms with Crippen LogP contribution in [0.5, 0.6) is 5.75 Å². The maximum Gasteiger partial charge on any atom is 0.416 e. The summed E-state index contributed by atoms with van der Waals surface area (Å²) in [6.45, 7) is 3.30. The molecule has 0 saturated carbocycles. The highest BCUT2D eigenvalue weighted by Crippen LogP contribution is 2.35. The van der Waals surface area contributed by atoms with Gasteiger partial charge in [0.1, 0.15) is 6.10 Å². The number of carbonyl (C=O) groups excluding carboxylic acids is 2. The van der Waals surface area contributed by atoms with E-state index in [0.29, 0.717) is 0 Å². The number of anilines is 2. The number of aliphatic hydroxyl groups is 1. The lowest BCUT2D eigenvalue weighted by molar-refractivity contribution is -0.137. The van der Waals surface area contributed by atoms with E-state index in [0.717, 1.165) is 30.5 Å². The van der Waals surface area contributed by atoms with Gasteiger partial charge in [0.15, 0.2) is 5.75 Å². The predicted octanol–water partition coefficient (Wildman–Crippen LogP) is 3.46. The first-order valence-electron chi connectivity index (χ1n) is 12.0. The van der Waals surface area contributed by atoms with Crippen molar-refractivity contribution in [2.45, 2.75) is 32.2 Å². The molecule has 0 radical (unpaired) electrons. The molecule has 1 aliphatic heterocycles. The number of benzene rings is 2. The zero-order valence-electron chi connectivity index (χ0n) is 21.8. The van der Waals surface area contributed by atoms with Crippen molar-refractivity contribution in [2.75, 3.05) is 43.0 Å². The number of amides is 3. The quantitative estimate of drug-likeness (QED) is 0.466. The highest BCUT2D eigenvalue weighted by atomic mass is 32.2. The summed E-state index contributed by atoms with van der Waals surface area (Å²) in [5.41, 5.74) is -0.572. The van der Waals surface area contributed by atoms with Crippen LogP contribution in [0.25, 0.3) is 0 Å². The van der Waals surface area contributed by atoms with Crippen molar-refractivity contribution in [2.24, 2.45) is 5.92 Å². The first kappa shape index (κ1) is 30.0. The SMILES string of the molecule is C[C@H]1CN([C@@H](C)CO)C(=O)c2cccc(NS(C)(=O)=O)c2O[C@H]1CN(C)C(=O)Nc1ccc(C(F)(F)F)cc1. The van der Waals surface area contributed by atoms with E-state index < -0.39 is 45.8 Å². The van der Waals surface area contributed by atoms with E-state index in [2.05, 4.69) is 10.0 Å². The van der Waals surface area contributed by atoms with Crippen molar-refractivity contribution in [1.82, 2.24) is 9.80 Å². The number of ether oxygens (including phenoxy) is 1. The smallest absolute Gasteiger partial charge is 0.416 e. The molecule has 1 heterocycles. The zero-order chi connectivity index (χ0) is 29.1. The number of sulfonamides is 1. The highest BCUT2D eigenvalue weighted by Gasteiger charge is 2.35. The zero-order valence-corrected chi connectivity index (χ0v) is 22.6. The molecule has 2 aromatic carbocycles. The third-order valence-corrected chi connectivity index (χ3v) is 6.84. The molecule has 0 saturated heterocycles. The molecule has 0 aliphatic carbocycles. The Labute approximate surface area is 224 Å². The summed E-state index contributed by atoms with van der Waals surface area (Å²) in [5.74, 6) is -0.859. The number of rotatable bonds is 7. The number of nitrogens with one attached hydrogen (secondary N) is 2. The molecule has 3 rings (SSSR count). The lowest BCUT2D eigenvalue weighted by atomic mass is 9.99. The van der Waals surface area contributed by atoms with Gasteiger partial charge < -0.3 is 25.0 Å². The van der Waals surface area contributed by atoms with Crippen molar-refractivity contribution >= 4 is 33.3 Å². The topological polar surface area (TPSA) is 128 Å². The van der Waals surface area contributed by atoms with Gasteiger partial charge >= 0.3 is 12.2 Å². The Morgan fingerprint density at radius 1 is 1.23 bits per heavy atom. The number of alkyl halides is 3. The van der Waals surface area contributed by atoms with Gasteiger partial charge in [0.05, 0.1) is 42.3 Å². The summed E-state index contributed by atoms with van der Waals surface area (Å²) < 4.78 is 71.0. The summed E-state index contributed by atoms with van der Waals surface area (Å²) in [6.07, 6.45) is -4.29. The molecule has 2 aromatic rings. The second kappa shape index (κ2) is 11.7. The van der Waals surface area contributed by atoms with Gasteiger partial charge in [0, 0.05) is 25.2 Å². The minimum absolute atomic E-state index is 0.0174. The van der Waals surface area contributed by atoms with E-state index in [1.165, 1.54) is 35.0 Å². The lowest BCUT2D eigenvalue weighted by Gasteiger charge is -2.38. The van der Waals surface area contributed by atoms with Gasteiger partial charge in [-0.2, -0.15) is 13.2 Å². The number of aliphatic hydroxyl groups excluding tert-OH is 1. The van der Waals surface area contributed by atoms with Crippen LogP contribution in [0.15, 0.2) is 42.5 Å². The van der Waals surface area contributed by atoms with E-state index in [9.17, 15) is 36.3 Å². The second-order valence-corrected chi connectivity index (χ2v) is 11.3. The van der Waals surface area contributed by atoms with Crippen molar-refractivity contribution in [1.29, 1.82) is 0 Å². The Morgan fingerprint density at radius 3 is 2.44 bits per heavy atom. The first-order valence-corrected chi connectivity index (χ1v) is 13.9. The van der Waals surface area contributed by atoms with Gasteiger partial charge in [-0.15, -0.1) is 0 Å². The molecule has 10 nitrogen and oxygen atoms in total. The van der Waals surface area contributed by atoms with Gasteiger partial charge in [0.2, 0.25) is 10.0 Å². The molecule has 0 unspecified atom stereocenters. The first-order chi connectivity index (χ1) is 18.1. The maximum atomic E-state index is 13.4. The standard InChI is InChI=1S/C25H31F3N4O6S/c1-15-12-32(16(2)14-33)23(34)19-6-5-7-20(30-39(4,36)37)22(19)38-21(15)13-31(3)24(35)29-18-10-8-17(9-11-18)25(26,27)28/h5-11,15-16,21,30,33H,12-14H2,1-4H3,(H,29,35)/t15-,16-,21-/m0/s1. The Hall–Kier alpha value is -3.52. The van der Waals surface area contributed by atoms with E-state index in [4.69, 9.17) is 4.74 Å². The minimum atomic E-state index is -4.51. The number of nitrogens with zero attached hydrogens (tertiary/aromatic N) is 2. The molecule has 214 valence electrons. The normalized spacial score (nSPS) is 18.8. The molecule has 0 spiro atoms. The number of likely N-dealkylation sites (N-methyl/N-ethyl adjacent to an activating group) is 1. The number of hydrogen-bond donors (Lipinski definition) is 3. The largest absolute Gasteiger partial charge is 0.485 e. The van der Waals surface area contributed by atoms with Crippen LogP contribution in [0.1, 0.15) is 29.8 Å². The molecule has 0 fully saturated rings. The fourth-order valence-electron chi connectivity index (χ4n) is 4.06. The molecule has 3 N–H and O–H groups in total. The van der Waals surface area contributed by atoms with Gasteiger partial charge in [0.25, 0.3) is 5.91 Å². The molecular weight excluding hydrogens is 541 g/mol. The summed E-state index contributed by atoms with van der Waals surface area (Å²) in [4.78, 5) is 29.0. The van der Waals surface area contributed by atoms with E-state index >= 15 is 0 Å². The third-order valence-electron chi connectivity index (χ3n) is 6.25.